The van der Waals surface area contributed by atoms with Crippen molar-refractivity contribution in [1.82, 2.24) is 9.13 Å². The fourth-order valence-electron chi connectivity index (χ4n) is 4.92. The van der Waals surface area contributed by atoms with Crippen LogP contribution in [0.1, 0.15) is 39.7 Å². The summed E-state index contributed by atoms with van der Waals surface area (Å²) in [4.78, 5) is 24.9. The van der Waals surface area contributed by atoms with Crippen LogP contribution in [-0.4, -0.2) is 32.2 Å². The van der Waals surface area contributed by atoms with Gasteiger partial charge in [0.25, 0.3) is 5.56 Å². The molecule has 0 amide bonds. The molecule has 2 aliphatic carbocycles. The van der Waals surface area contributed by atoms with Gasteiger partial charge in [0.05, 0.1) is 17.8 Å². The summed E-state index contributed by atoms with van der Waals surface area (Å²) < 4.78 is 14.7. The van der Waals surface area contributed by atoms with Crippen molar-refractivity contribution in [2.75, 3.05) is 0 Å². The normalized spacial score (nSPS) is 44.1. The maximum Gasteiger partial charge on any atom is 0.330 e. The molecule has 2 heterocycles. The number of fused-ring (bicyclic) bond motifs is 2. The third-order valence-corrected chi connectivity index (χ3v) is 6.78. The Bertz CT molecular complexity index is 934. The van der Waals surface area contributed by atoms with Crippen LogP contribution in [0.4, 0.5) is 0 Å². The molecule has 7 nitrogen and oxygen atoms in total. The highest BCUT2D eigenvalue weighted by Crippen LogP contribution is 2.72. The number of aromatic nitrogens is 2. The highest BCUT2D eigenvalue weighted by atomic mass is 16.8. The molecule has 1 spiro atoms. The summed E-state index contributed by atoms with van der Waals surface area (Å²) in [6, 6.07) is 0. The standard InChI is InChI=1S/C19H26N2O5/c1-10-7-18(25-11(2)12(3)26-18)14-8-17(14,4)19(10,24)13-9-20(5)16(23)21(6)15(13)22/h7,9,11-12,14,24H,8H2,1-6H3. The van der Waals surface area contributed by atoms with E-state index in [0.29, 0.717) is 12.0 Å². The van der Waals surface area contributed by atoms with E-state index in [-0.39, 0.29) is 23.7 Å². The van der Waals surface area contributed by atoms with Gasteiger partial charge in [0.1, 0.15) is 5.60 Å². The lowest BCUT2D eigenvalue weighted by molar-refractivity contribution is -0.177. The third-order valence-electron chi connectivity index (χ3n) is 6.78. The van der Waals surface area contributed by atoms with Crippen LogP contribution in [0.15, 0.2) is 27.4 Å². The lowest BCUT2D eigenvalue weighted by Gasteiger charge is -2.43. The second kappa shape index (κ2) is 4.97. The van der Waals surface area contributed by atoms with Crippen molar-refractivity contribution in [2.24, 2.45) is 25.4 Å². The first-order valence-corrected chi connectivity index (χ1v) is 9.03. The fourth-order valence-corrected chi connectivity index (χ4v) is 4.92. The molecule has 1 saturated carbocycles. The molecule has 5 unspecified atom stereocenters. The second-order valence-electron chi connectivity index (χ2n) is 8.38. The van der Waals surface area contributed by atoms with Crippen LogP contribution in [0.25, 0.3) is 0 Å². The monoisotopic (exact) mass is 362 g/mol. The molecule has 5 atom stereocenters. The van der Waals surface area contributed by atoms with Crippen molar-refractivity contribution in [1.29, 1.82) is 0 Å². The SMILES string of the molecule is CC1=CC2(OC(C)C(C)O2)C2CC2(C)C1(O)c1cn(C)c(=O)n(C)c1=O. The molecule has 1 saturated heterocycles. The molecule has 0 bridgehead atoms. The van der Waals surface area contributed by atoms with Gasteiger partial charge >= 0.3 is 5.69 Å². The Kier molecular flexibility index (Phi) is 3.38. The van der Waals surface area contributed by atoms with Gasteiger partial charge in [0, 0.05) is 31.6 Å². The van der Waals surface area contributed by atoms with Crippen molar-refractivity contribution >= 4 is 0 Å². The van der Waals surface area contributed by atoms with Gasteiger partial charge in [0.15, 0.2) is 5.79 Å². The van der Waals surface area contributed by atoms with Gasteiger partial charge < -0.3 is 19.1 Å². The Labute approximate surface area is 151 Å². The molecule has 1 N–H and O–H groups in total. The van der Waals surface area contributed by atoms with E-state index in [1.807, 2.05) is 26.8 Å². The molecule has 3 aliphatic rings. The first-order valence-electron chi connectivity index (χ1n) is 9.03. The number of nitrogens with zero attached hydrogens (tertiary/aromatic N) is 2. The summed E-state index contributed by atoms with van der Waals surface area (Å²) in [5, 5.41) is 11.8. The van der Waals surface area contributed by atoms with Gasteiger partial charge in [-0.1, -0.05) is 6.92 Å². The number of hydrogen-bond acceptors (Lipinski definition) is 5. The zero-order valence-electron chi connectivity index (χ0n) is 16.1. The first kappa shape index (κ1) is 17.7. The number of ether oxygens (including phenoxy) is 2. The molecule has 2 fully saturated rings. The van der Waals surface area contributed by atoms with Crippen molar-refractivity contribution in [3.8, 4) is 0 Å². The van der Waals surface area contributed by atoms with Crippen LogP contribution < -0.4 is 11.2 Å². The van der Waals surface area contributed by atoms with Gasteiger partial charge in [0.2, 0.25) is 0 Å². The minimum Gasteiger partial charge on any atom is -0.380 e. The molecule has 26 heavy (non-hydrogen) atoms. The molecule has 1 aliphatic heterocycles. The van der Waals surface area contributed by atoms with Crippen LogP contribution >= 0.6 is 0 Å². The zero-order valence-corrected chi connectivity index (χ0v) is 16.1. The molecular weight excluding hydrogens is 336 g/mol. The van der Waals surface area contributed by atoms with E-state index in [1.54, 1.807) is 14.0 Å². The molecule has 4 rings (SSSR count). The summed E-state index contributed by atoms with van der Waals surface area (Å²) >= 11 is 0. The molecule has 0 aromatic carbocycles. The van der Waals surface area contributed by atoms with Crippen molar-refractivity contribution in [3.05, 3.63) is 44.2 Å². The largest absolute Gasteiger partial charge is 0.380 e. The van der Waals surface area contributed by atoms with Gasteiger partial charge in [-0.3, -0.25) is 9.36 Å². The zero-order chi connectivity index (χ0) is 19.2. The predicted octanol–water partition coefficient (Wildman–Crippen LogP) is 0.778. The van der Waals surface area contributed by atoms with E-state index >= 15 is 0 Å². The Balaban J connectivity index is 1.92. The van der Waals surface area contributed by atoms with E-state index in [4.69, 9.17) is 9.47 Å². The van der Waals surface area contributed by atoms with Gasteiger partial charge in [-0.25, -0.2) is 4.79 Å². The number of aryl methyl sites for hydroxylation is 1. The quantitative estimate of drug-likeness (QED) is 0.747. The summed E-state index contributed by atoms with van der Waals surface area (Å²) in [5.74, 6) is -0.909. The molecule has 7 heteroatoms. The minimum atomic E-state index is -1.47. The Morgan fingerprint density at radius 2 is 1.77 bits per heavy atom. The summed E-state index contributed by atoms with van der Waals surface area (Å²) in [6.07, 6.45) is 3.88. The van der Waals surface area contributed by atoms with E-state index in [1.165, 1.54) is 17.8 Å². The summed E-state index contributed by atoms with van der Waals surface area (Å²) in [5.41, 5.74) is -2.12. The Morgan fingerprint density at radius 3 is 2.35 bits per heavy atom. The molecule has 1 aromatic heterocycles. The Morgan fingerprint density at radius 1 is 1.19 bits per heavy atom. The maximum absolute atomic E-state index is 12.8. The van der Waals surface area contributed by atoms with Crippen LogP contribution in [-0.2, 0) is 29.2 Å². The van der Waals surface area contributed by atoms with E-state index in [0.717, 1.165) is 4.57 Å². The molecule has 1 aromatic rings. The molecule has 0 radical (unpaired) electrons. The number of aliphatic hydroxyl groups is 1. The smallest absolute Gasteiger partial charge is 0.330 e. The topological polar surface area (TPSA) is 82.7 Å². The average molecular weight is 362 g/mol. The minimum absolute atomic E-state index is 0.0412. The van der Waals surface area contributed by atoms with E-state index in [9.17, 15) is 14.7 Å². The second-order valence-corrected chi connectivity index (χ2v) is 8.38. The third kappa shape index (κ3) is 1.88. The molecular formula is C19H26N2O5. The first-order chi connectivity index (χ1) is 12.0. The highest BCUT2D eigenvalue weighted by Gasteiger charge is 2.76. The van der Waals surface area contributed by atoms with Crippen LogP contribution in [0, 0.1) is 11.3 Å². The fraction of sp³-hybridized carbons (Fsp3) is 0.684. The highest BCUT2D eigenvalue weighted by molar-refractivity contribution is 5.43. The van der Waals surface area contributed by atoms with Gasteiger partial charge in [-0.15, -0.1) is 0 Å². The van der Waals surface area contributed by atoms with Gasteiger partial charge in [-0.2, -0.15) is 0 Å². The van der Waals surface area contributed by atoms with Crippen LogP contribution in [0.5, 0.6) is 0 Å². The van der Waals surface area contributed by atoms with E-state index < -0.39 is 28.1 Å². The van der Waals surface area contributed by atoms with E-state index in [2.05, 4.69) is 0 Å². The average Bonchev–Trinajstić information content (AvgIpc) is 3.21. The summed E-state index contributed by atoms with van der Waals surface area (Å²) in [6.45, 7) is 7.71. The predicted molar refractivity (Wildman–Crippen MR) is 94.6 cm³/mol. The van der Waals surface area contributed by atoms with Crippen molar-refractivity contribution in [2.45, 2.75) is 57.7 Å². The number of rotatable bonds is 1. The van der Waals surface area contributed by atoms with Crippen molar-refractivity contribution in [3.63, 3.8) is 0 Å². The van der Waals surface area contributed by atoms with Crippen LogP contribution in [0.3, 0.4) is 0 Å². The van der Waals surface area contributed by atoms with Gasteiger partial charge in [-0.05, 0) is 38.8 Å². The Hall–Kier alpha value is -1.70. The summed E-state index contributed by atoms with van der Waals surface area (Å²) in [7, 11) is 3.01. The lowest BCUT2D eigenvalue weighted by atomic mass is 9.69. The number of hydrogen-bond donors (Lipinski definition) is 1. The molecule has 142 valence electrons. The lowest BCUT2D eigenvalue weighted by Crippen LogP contribution is -2.52. The van der Waals surface area contributed by atoms with Crippen molar-refractivity contribution < 1.29 is 14.6 Å². The van der Waals surface area contributed by atoms with Crippen LogP contribution in [0.2, 0.25) is 0 Å². The maximum atomic E-state index is 12.8.